The number of hydrogen-bond donors (Lipinski definition) is 1. The van der Waals surface area contributed by atoms with Crippen LogP contribution in [0, 0.1) is 5.92 Å². The summed E-state index contributed by atoms with van der Waals surface area (Å²) >= 11 is 0. The van der Waals surface area contributed by atoms with Crippen molar-refractivity contribution in [2.45, 2.75) is 26.9 Å². The van der Waals surface area contributed by atoms with Crippen LogP contribution in [0.4, 0.5) is 5.69 Å². The molecule has 1 N–H and O–H groups in total. The van der Waals surface area contributed by atoms with Crippen molar-refractivity contribution in [1.29, 1.82) is 0 Å². The summed E-state index contributed by atoms with van der Waals surface area (Å²) in [6, 6.07) is 18.2. The van der Waals surface area contributed by atoms with Crippen molar-refractivity contribution >= 4 is 28.3 Å². The zero-order valence-corrected chi connectivity index (χ0v) is 18.2. The minimum atomic E-state index is -0.977. The Morgan fingerprint density at radius 3 is 2.42 bits per heavy atom. The van der Waals surface area contributed by atoms with Gasteiger partial charge in [0.1, 0.15) is 0 Å². The summed E-state index contributed by atoms with van der Waals surface area (Å²) in [5, 5.41) is 4.77. The van der Waals surface area contributed by atoms with E-state index in [4.69, 9.17) is 14.2 Å². The monoisotopic (exact) mass is 421 g/mol. The number of benzene rings is 3. The van der Waals surface area contributed by atoms with Gasteiger partial charge in [-0.15, -0.1) is 0 Å². The first-order valence-corrected chi connectivity index (χ1v) is 10.2. The maximum absolute atomic E-state index is 12.6. The Morgan fingerprint density at radius 1 is 0.935 bits per heavy atom. The molecule has 3 rings (SSSR count). The van der Waals surface area contributed by atoms with Crippen LogP contribution in [0.3, 0.4) is 0 Å². The predicted molar refractivity (Wildman–Crippen MR) is 121 cm³/mol. The molecule has 1 amide bonds. The van der Waals surface area contributed by atoms with E-state index in [-0.39, 0.29) is 5.56 Å². The third kappa shape index (κ3) is 5.54. The van der Waals surface area contributed by atoms with Gasteiger partial charge in [-0.05, 0) is 42.5 Å². The predicted octanol–water partition coefficient (Wildman–Crippen LogP) is 5.07. The van der Waals surface area contributed by atoms with Crippen LogP contribution < -0.4 is 14.8 Å². The van der Waals surface area contributed by atoms with Crippen molar-refractivity contribution in [1.82, 2.24) is 0 Å². The van der Waals surface area contributed by atoms with E-state index in [2.05, 4.69) is 5.32 Å². The van der Waals surface area contributed by atoms with Gasteiger partial charge in [0, 0.05) is 11.1 Å². The Hall–Kier alpha value is -3.54. The molecule has 0 fully saturated rings. The fraction of sp³-hybridized carbons (Fsp3) is 0.280. The summed E-state index contributed by atoms with van der Waals surface area (Å²) in [6.45, 7) is 6.16. The van der Waals surface area contributed by atoms with Crippen LogP contribution >= 0.6 is 0 Å². The topological polar surface area (TPSA) is 73.9 Å². The van der Waals surface area contributed by atoms with Crippen LogP contribution in [0.1, 0.15) is 31.1 Å². The number of ether oxygens (including phenoxy) is 3. The largest absolute Gasteiger partial charge is 0.493 e. The molecule has 6 nitrogen and oxygen atoms in total. The molecule has 0 saturated carbocycles. The molecule has 0 unspecified atom stereocenters. The Labute approximate surface area is 182 Å². The summed E-state index contributed by atoms with van der Waals surface area (Å²) < 4.78 is 16.4. The van der Waals surface area contributed by atoms with Crippen molar-refractivity contribution in [3.8, 4) is 11.5 Å². The van der Waals surface area contributed by atoms with Crippen LogP contribution in [0.15, 0.2) is 60.7 Å². The fourth-order valence-corrected chi connectivity index (χ4v) is 3.02. The van der Waals surface area contributed by atoms with Gasteiger partial charge in [-0.2, -0.15) is 0 Å². The van der Waals surface area contributed by atoms with Gasteiger partial charge in [-0.25, -0.2) is 4.79 Å². The highest BCUT2D eigenvalue weighted by molar-refractivity contribution is 6.04. The Bertz CT molecular complexity index is 1070. The number of carbonyl (C=O) groups is 2. The highest BCUT2D eigenvalue weighted by Gasteiger charge is 2.21. The lowest BCUT2D eigenvalue weighted by Crippen LogP contribution is -2.30. The molecule has 0 aromatic heterocycles. The maximum Gasteiger partial charge on any atom is 0.339 e. The highest BCUT2D eigenvalue weighted by Crippen LogP contribution is 2.29. The number of hydrogen-bond acceptors (Lipinski definition) is 5. The van der Waals surface area contributed by atoms with Crippen molar-refractivity contribution in [3.05, 3.63) is 66.2 Å². The summed E-state index contributed by atoms with van der Waals surface area (Å²) in [5.74, 6) is 0.315. The Morgan fingerprint density at radius 2 is 1.68 bits per heavy atom. The molecule has 1 atom stereocenters. The summed E-state index contributed by atoms with van der Waals surface area (Å²) in [4.78, 5) is 25.2. The molecule has 0 aliphatic rings. The summed E-state index contributed by atoms with van der Waals surface area (Å²) in [6.07, 6.45) is -0.977. The van der Waals surface area contributed by atoms with Crippen LogP contribution in [0.5, 0.6) is 11.5 Å². The average Bonchev–Trinajstić information content (AvgIpc) is 2.77. The third-order valence-corrected chi connectivity index (χ3v) is 4.67. The minimum Gasteiger partial charge on any atom is -0.493 e. The first-order valence-electron chi connectivity index (χ1n) is 10.2. The van der Waals surface area contributed by atoms with E-state index in [1.54, 1.807) is 18.2 Å². The number of esters is 1. The van der Waals surface area contributed by atoms with Gasteiger partial charge in [0.25, 0.3) is 5.91 Å². The molecule has 0 aliphatic carbocycles. The molecule has 0 heterocycles. The molecule has 0 bridgehead atoms. The van der Waals surface area contributed by atoms with Gasteiger partial charge in [0.15, 0.2) is 17.6 Å². The van der Waals surface area contributed by atoms with E-state index >= 15 is 0 Å². The molecule has 162 valence electrons. The number of rotatable bonds is 8. The molecular formula is C25H27NO5. The average molecular weight is 421 g/mol. The minimum absolute atomic E-state index is 0.276. The number of methoxy groups -OCH3 is 1. The second kappa shape index (κ2) is 9.98. The zero-order chi connectivity index (χ0) is 22.4. The lowest BCUT2D eigenvalue weighted by molar-refractivity contribution is -0.123. The molecule has 31 heavy (non-hydrogen) atoms. The number of amides is 1. The summed E-state index contributed by atoms with van der Waals surface area (Å²) in [7, 11) is 1.51. The van der Waals surface area contributed by atoms with E-state index in [0.717, 1.165) is 10.8 Å². The molecule has 3 aromatic carbocycles. The first kappa shape index (κ1) is 22.2. The van der Waals surface area contributed by atoms with Crippen molar-refractivity contribution in [3.63, 3.8) is 0 Å². The fourth-order valence-electron chi connectivity index (χ4n) is 3.02. The van der Waals surface area contributed by atoms with Gasteiger partial charge in [0.05, 0.1) is 19.3 Å². The second-order valence-corrected chi connectivity index (χ2v) is 7.63. The third-order valence-electron chi connectivity index (χ3n) is 4.67. The van der Waals surface area contributed by atoms with E-state index < -0.39 is 18.0 Å². The lowest BCUT2D eigenvalue weighted by atomic mass is 10.1. The molecule has 0 aliphatic heterocycles. The van der Waals surface area contributed by atoms with Crippen LogP contribution in [-0.4, -0.2) is 31.7 Å². The maximum atomic E-state index is 12.6. The quantitative estimate of drug-likeness (QED) is 0.514. The molecule has 0 saturated heterocycles. The first-order chi connectivity index (χ1) is 14.9. The normalized spacial score (nSPS) is 11.8. The summed E-state index contributed by atoms with van der Waals surface area (Å²) in [5.41, 5.74) is 0.942. The molecule has 0 radical (unpaired) electrons. The molecule has 3 aromatic rings. The SMILES string of the molecule is COc1cc(C(=O)O[C@@H](C)C(=O)Nc2cccc3ccccc23)ccc1OCC(C)C. The molecular weight excluding hydrogens is 394 g/mol. The van der Waals surface area contributed by atoms with Crippen molar-refractivity contribution < 1.29 is 23.8 Å². The van der Waals surface area contributed by atoms with E-state index in [9.17, 15) is 9.59 Å². The van der Waals surface area contributed by atoms with Gasteiger partial charge in [-0.1, -0.05) is 50.2 Å². The number of fused-ring (bicyclic) bond motifs is 1. The molecule has 6 heteroatoms. The van der Waals surface area contributed by atoms with E-state index in [0.29, 0.717) is 29.7 Å². The molecule has 0 spiro atoms. The van der Waals surface area contributed by atoms with Gasteiger partial charge >= 0.3 is 5.97 Å². The zero-order valence-electron chi connectivity index (χ0n) is 18.2. The number of anilines is 1. The van der Waals surface area contributed by atoms with Gasteiger partial charge in [0.2, 0.25) is 0 Å². The van der Waals surface area contributed by atoms with E-state index in [1.807, 2.05) is 56.3 Å². The highest BCUT2D eigenvalue weighted by atomic mass is 16.5. The van der Waals surface area contributed by atoms with Crippen molar-refractivity contribution in [2.75, 3.05) is 19.0 Å². The van der Waals surface area contributed by atoms with Crippen LogP contribution in [-0.2, 0) is 9.53 Å². The van der Waals surface area contributed by atoms with E-state index in [1.165, 1.54) is 14.0 Å². The van der Waals surface area contributed by atoms with Gasteiger partial charge in [-0.3, -0.25) is 4.79 Å². The van der Waals surface area contributed by atoms with Gasteiger partial charge < -0.3 is 19.5 Å². The Balaban J connectivity index is 1.67. The van der Waals surface area contributed by atoms with Crippen LogP contribution in [0.2, 0.25) is 0 Å². The van der Waals surface area contributed by atoms with Crippen LogP contribution in [0.25, 0.3) is 10.8 Å². The Kier molecular flexibility index (Phi) is 7.13. The smallest absolute Gasteiger partial charge is 0.339 e. The number of nitrogens with one attached hydrogen (secondary N) is 1. The standard InChI is InChI=1S/C25H27NO5/c1-16(2)15-30-22-13-12-19(14-23(22)29-4)25(28)31-17(3)24(27)26-21-11-7-9-18-8-5-6-10-20(18)21/h5-14,16-17H,15H2,1-4H3,(H,26,27)/t17-/m0/s1. The lowest BCUT2D eigenvalue weighted by Gasteiger charge is -2.16. The second-order valence-electron chi connectivity index (χ2n) is 7.63. The van der Waals surface area contributed by atoms with Crippen molar-refractivity contribution in [2.24, 2.45) is 5.92 Å². The number of carbonyl (C=O) groups excluding carboxylic acids is 2.